The molecular weight excluding hydrogens is 267 g/mol. The standard InChI is InChI=1S/C18H23FO2/c1-18-7-6-11-12(14(18)4-5-17(18)21)3-2-10-8-16(20)15(19)9-13(10)11/h8-9,11-12,14,17,20-21H,2-7H2,1H3/t11-,12+,14-,17+,18-/m0/s1. The van der Waals surface area contributed by atoms with Gasteiger partial charge in [-0.3, -0.25) is 0 Å². The lowest BCUT2D eigenvalue weighted by molar-refractivity contribution is -0.0226. The van der Waals surface area contributed by atoms with E-state index in [0.717, 1.165) is 49.7 Å². The van der Waals surface area contributed by atoms with Crippen molar-refractivity contribution < 1.29 is 14.6 Å². The molecule has 3 aliphatic carbocycles. The zero-order valence-electron chi connectivity index (χ0n) is 12.5. The number of aromatic hydroxyl groups is 1. The number of aliphatic hydroxyl groups excluding tert-OH is 1. The highest BCUT2D eigenvalue weighted by atomic mass is 19.1. The topological polar surface area (TPSA) is 40.5 Å². The summed E-state index contributed by atoms with van der Waals surface area (Å²) in [6.45, 7) is 2.25. The Bertz CT molecular complexity index is 585. The number of fused-ring (bicyclic) bond motifs is 5. The second kappa shape index (κ2) is 4.45. The molecule has 4 rings (SSSR count). The molecule has 0 saturated heterocycles. The quantitative estimate of drug-likeness (QED) is 0.764. The number of phenolic OH excluding ortho intramolecular Hbond substituents is 1. The first-order chi connectivity index (χ1) is 10.0. The van der Waals surface area contributed by atoms with Gasteiger partial charge in [0.1, 0.15) is 0 Å². The van der Waals surface area contributed by atoms with Gasteiger partial charge in [0.05, 0.1) is 6.10 Å². The van der Waals surface area contributed by atoms with Gasteiger partial charge in [-0.15, -0.1) is 0 Å². The highest BCUT2D eigenvalue weighted by molar-refractivity contribution is 5.41. The Morgan fingerprint density at radius 2 is 2.00 bits per heavy atom. The number of hydrogen-bond acceptors (Lipinski definition) is 2. The molecule has 3 heteroatoms. The lowest BCUT2D eigenvalue weighted by Crippen LogP contribution is -2.43. The van der Waals surface area contributed by atoms with Crippen molar-refractivity contribution in [3.05, 3.63) is 29.1 Å². The summed E-state index contributed by atoms with van der Waals surface area (Å²) >= 11 is 0. The van der Waals surface area contributed by atoms with Gasteiger partial charge >= 0.3 is 0 Å². The van der Waals surface area contributed by atoms with Crippen LogP contribution in [0.25, 0.3) is 0 Å². The fraction of sp³-hybridized carbons (Fsp3) is 0.667. The van der Waals surface area contributed by atoms with Gasteiger partial charge in [-0.05, 0) is 85.0 Å². The average Bonchev–Trinajstić information content (AvgIpc) is 2.76. The highest BCUT2D eigenvalue weighted by Gasteiger charge is 2.54. The van der Waals surface area contributed by atoms with Gasteiger partial charge in [-0.1, -0.05) is 6.92 Å². The molecule has 0 aliphatic heterocycles. The fourth-order valence-corrected chi connectivity index (χ4v) is 5.55. The van der Waals surface area contributed by atoms with Gasteiger partial charge in [0.25, 0.3) is 0 Å². The maximum atomic E-state index is 13.8. The molecule has 0 bridgehead atoms. The maximum Gasteiger partial charge on any atom is 0.165 e. The zero-order valence-corrected chi connectivity index (χ0v) is 12.5. The zero-order chi connectivity index (χ0) is 14.8. The number of aliphatic hydroxyl groups is 1. The van der Waals surface area contributed by atoms with Crippen LogP contribution in [0.5, 0.6) is 5.75 Å². The molecule has 0 amide bonds. The minimum Gasteiger partial charge on any atom is -0.505 e. The van der Waals surface area contributed by atoms with E-state index in [1.165, 1.54) is 0 Å². The van der Waals surface area contributed by atoms with Crippen LogP contribution in [0.4, 0.5) is 4.39 Å². The lowest BCUT2D eigenvalue weighted by atomic mass is 9.55. The molecule has 1 aromatic rings. The lowest BCUT2D eigenvalue weighted by Gasteiger charge is -2.50. The second-order valence-electron chi connectivity index (χ2n) is 7.56. The average molecular weight is 290 g/mol. The van der Waals surface area contributed by atoms with Crippen LogP contribution in [0.1, 0.15) is 56.1 Å². The fourth-order valence-electron chi connectivity index (χ4n) is 5.55. The molecule has 3 aliphatic rings. The van der Waals surface area contributed by atoms with Gasteiger partial charge in [-0.25, -0.2) is 4.39 Å². The van der Waals surface area contributed by atoms with E-state index in [9.17, 15) is 14.6 Å². The van der Waals surface area contributed by atoms with Crippen LogP contribution in [-0.4, -0.2) is 16.3 Å². The van der Waals surface area contributed by atoms with Crippen molar-refractivity contribution in [2.24, 2.45) is 17.3 Å². The van der Waals surface area contributed by atoms with Crippen molar-refractivity contribution in [3.8, 4) is 5.75 Å². The normalized spacial score (nSPS) is 41.3. The SMILES string of the molecule is C[C@]12CC[C@@H]3c4cc(F)c(O)cc4CC[C@H]3[C@@H]1CC[C@H]2O. The monoisotopic (exact) mass is 290 g/mol. The number of halogens is 1. The van der Waals surface area contributed by atoms with Gasteiger partial charge in [0.2, 0.25) is 0 Å². The molecule has 1 aromatic carbocycles. The third kappa shape index (κ3) is 1.79. The molecule has 0 radical (unpaired) electrons. The van der Waals surface area contributed by atoms with Crippen LogP contribution in [-0.2, 0) is 6.42 Å². The summed E-state index contributed by atoms with van der Waals surface area (Å²) in [4.78, 5) is 0. The van der Waals surface area contributed by atoms with E-state index < -0.39 is 5.82 Å². The van der Waals surface area contributed by atoms with Crippen molar-refractivity contribution in [2.45, 2.75) is 57.5 Å². The Hall–Kier alpha value is -1.09. The van der Waals surface area contributed by atoms with Crippen molar-refractivity contribution in [3.63, 3.8) is 0 Å². The highest BCUT2D eigenvalue weighted by Crippen LogP contribution is 2.60. The first-order valence-corrected chi connectivity index (χ1v) is 8.20. The van der Waals surface area contributed by atoms with E-state index in [0.29, 0.717) is 17.8 Å². The summed E-state index contributed by atoms with van der Waals surface area (Å²) in [5.74, 6) is 0.833. The van der Waals surface area contributed by atoms with Gasteiger partial charge in [0.15, 0.2) is 11.6 Å². The number of hydrogen-bond donors (Lipinski definition) is 2. The Morgan fingerprint density at radius 3 is 2.81 bits per heavy atom. The Labute approximate surface area is 125 Å². The molecule has 5 atom stereocenters. The molecule has 2 N–H and O–H groups in total. The predicted octanol–water partition coefficient (Wildman–Crippen LogP) is 3.75. The smallest absolute Gasteiger partial charge is 0.165 e. The van der Waals surface area contributed by atoms with E-state index in [2.05, 4.69) is 6.92 Å². The van der Waals surface area contributed by atoms with E-state index in [4.69, 9.17) is 0 Å². The number of aryl methyl sites for hydroxylation is 1. The van der Waals surface area contributed by atoms with Crippen molar-refractivity contribution in [1.82, 2.24) is 0 Å². The van der Waals surface area contributed by atoms with Gasteiger partial charge in [0, 0.05) is 0 Å². The largest absolute Gasteiger partial charge is 0.505 e. The third-order valence-corrected chi connectivity index (χ3v) is 6.74. The van der Waals surface area contributed by atoms with Crippen LogP contribution < -0.4 is 0 Å². The molecule has 0 heterocycles. The first-order valence-electron chi connectivity index (χ1n) is 8.20. The van der Waals surface area contributed by atoms with Crippen LogP contribution in [0.15, 0.2) is 12.1 Å². The third-order valence-electron chi connectivity index (χ3n) is 6.74. The molecular formula is C18H23FO2. The van der Waals surface area contributed by atoms with Crippen LogP contribution in [0, 0.1) is 23.1 Å². The van der Waals surface area contributed by atoms with E-state index in [1.807, 2.05) is 0 Å². The Balaban J connectivity index is 1.73. The molecule has 2 saturated carbocycles. The molecule has 0 spiro atoms. The summed E-state index contributed by atoms with van der Waals surface area (Å²) in [7, 11) is 0. The van der Waals surface area contributed by atoms with Gasteiger partial charge in [-0.2, -0.15) is 0 Å². The Kier molecular flexibility index (Phi) is 2.88. The summed E-state index contributed by atoms with van der Waals surface area (Å²) in [5, 5.41) is 19.9. The van der Waals surface area contributed by atoms with Crippen LogP contribution in [0.3, 0.4) is 0 Å². The molecule has 114 valence electrons. The van der Waals surface area contributed by atoms with E-state index in [-0.39, 0.29) is 17.3 Å². The van der Waals surface area contributed by atoms with Crippen LogP contribution >= 0.6 is 0 Å². The first kappa shape index (κ1) is 13.6. The minimum absolute atomic E-state index is 0.0636. The van der Waals surface area contributed by atoms with Crippen molar-refractivity contribution in [1.29, 1.82) is 0 Å². The molecule has 0 aromatic heterocycles. The molecule has 2 fully saturated rings. The second-order valence-corrected chi connectivity index (χ2v) is 7.56. The maximum absolute atomic E-state index is 13.8. The van der Waals surface area contributed by atoms with E-state index >= 15 is 0 Å². The van der Waals surface area contributed by atoms with Crippen molar-refractivity contribution in [2.75, 3.05) is 0 Å². The van der Waals surface area contributed by atoms with Gasteiger partial charge < -0.3 is 10.2 Å². The van der Waals surface area contributed by atoms with Crippen molar-refractivity contribution >= 4 is 0 Å². The summed E-state index contributed by atoms with van der Waals surface area (Å²) in [6.07, 6.45) is 5.95. The summed E-state index contributed by atoms with van der Waals surface area (Å²) in [6, 6.07) is 3.19. The number of benzene rings is 1. The minimum atomic E-state index is -0.491. The predicted molar refractivity (Wildman–Crippen MR) is 78.7 cm³/mol. The summed E-state index contributed by atoms with van der Waals surface area (Å²) in [5.41, 5.74) is 2.30. The Morgan fingerprint density at radius 1 is 1.19 bits per heavy atom. The molecule has 21 heavy (non-hydrogen) atoms. The molecule has 0 unspecified atom stereocenters. The number of phenols is 1. The number of rotatable bonds is 0. The molecule has 2 nitrogen and oxygen atoms in total. The van der Waals surface area contributed by atoms with Crippen LogP contribution in [0.2, 0.25) is 0 Å². The van der Waals surface area contributed by atoms with E-state index in [1.54, 1.807) is 12.1 Å². The summed E-state index contributed by atoms with van der Waals surface area (Å²) < 4.78 is 13.8.